The molecule has 0 atom stereocenters. The number of carbonyl (C=O) groups is 1. The lowest BCUT2D eigenvalue weighted by molar-refractivity contribution is 0.0950. The van der Waals surface area contributed by atoms with Crippen LogP contribution in [0.3, 0.4) is 0 Å². The number of nitrogens with one attached hydrogen (secondary N) is 1. The van der Waals surface area contributed by atoms with Gasteiger partial charge in [0.25, 0.3) is 5.91 Å². The Kier molecular flexibility index (Phi) is 4.34. The van der Waals surface area contributed by atoms with Crippen LogP contribution in [0.5, 0.6) is 0 Å². The largest absolute Gasteiger partial charge is 0.352 e. The Labute approximate surface area is 113 Å². The van der Waals surface area contributed by atoms with Gasteiger partial charge in [-0.2, -0.15) is 0 Å². The minimum absolute atomic E-state index is 0.120. The second-order valence-corrected chi connectivity index (χ2v) is 4.14. The number of benzene rings is 1. The normalized spacial score (nSPS) is 10.3. The summed E-state index contributed by atoms with van der Waals surface area (Å²) < 4.78 is 39.2. The maximum absolute atomic E-state index is 13.3. The Balaban J connectivity index is 1.93. The molecule has 0 aliphatic rings. The lowest BCUT2D eigenvalue weighted by Crippen LogP contribution is -2.26. The summed E-state index contributed by atoms with van der Waals surface area (Å²) >= 11 is 0. The number of nitrogens with zero attached hydrogens (tertiary/aromatic N) is 1. The second kappa shape index (κ2) is 6.18. The molecule has 1 amide bonds. The van der Waals surface area contributed by atoms with Crippen LogP contribution in [-0.2, 0) is 6.42 Å². The molecule has 0 saturated heterocycles. The van der Waals surface area contributed by atoms with Gasteiger partial charge >= 0.3 is 0 Å². The van der Waals surface area contributed by atoms with Crippen LogP contribution >= 0.6 is 0 Å². The fourth-order valence-electron chi connectivity index (χ4n) is 1.73. The van der Waals surface area contributed by atoms with Gasteiger partial charge in [0, 0.05) is 18.8 Å². The molecular weight excluding hydrogens is 269 g/mol. The third kappa shape index (κ3) is 3.57. The van der Waals surface area contributed by atoms with Crippen molar-refractivity contribution in [2.24, 2.45) is 0 Å². The highest BCUT2D eigenvalue weighted by molar-refractivity contribution is 5.94. The first-order chi connectivity index (χ1) is 9.56. The summed E-state index contributed by atoms with van der Waals surface area (Å²) in [5.41, 5.74) is 0.295. The fraction of sp³-hybridized carbons (Fsp3) is 0.143. The molecule has 0 bridgehead atoms. The summed E-state index contributed by atoms with van der Waals surface area (Å²) in [5, 5.41) is 2.48. The van der Waals surface area contributed by atoms with Crippen molar-refractivity contribution >= 4 is 5.91 Å². The molecule has 6 heteroatoms. The van der Waals surface area contributed by atoms with Crippen molar-refractivity contribution in [2.75, 3.05) is 6.54 Å². The van der Waals surface area contributed by atoms with Crippen LogP contribution in [0.4, 0.5) is 13.2 Å². The molecule has 1 aromatic carbocycles. The third-order valence-corrected chi connectivity index (χ3v) is 2.64. The van der Waals surface area contributed by atoms with Crippen LogP contribution in [0.15, 0.2) is 36.7 Å². The molecular formula is C14H11F3N2O. The molecule has 2 aromatic rings. The molecule has 0 aliphatic carbocycles. The van der Waals surface area contributed by atoms with Gasteiger partial charge in [-0.3, -0.25) is 9.78 Å². The Morgan fingerprint density at radius 1 is 1.15 bits per heavy atom. The monoisotopic (exact) mass is 280 g/mol. The van der Waals surface area contributed by atoms with Crippen molar-refractivity contribution in [3.8, 4) is 0 Å². The highest BCUT2D eigenvalue weighted by atomic mass is 19.1. The zero-order chi connectivity index (χ0) is 14.5. The predicted octanol–water partition coefficient (Wildman–Crippen LogP) is 2.47. The number of aromatic nitrogens is 1. The minimum Gasteiger partial charge on any atom is -0.352 e. The van der Waals surface area contributed by atoms with E-state index < -0.39 is 23.4 Å². The molecule has 0 unspecified atom stereocenters. The molecule has 1 N–H and O–H groups in total. The van der Waals surface area contributed by atoms with Gasteiger partial charge in [-0.05, 0) is 30.2 Å². The summed E-state index contributed by atoms with van der Waals surface area (Å²) in [5.74, 6) is -2.67. The lowest BCUT2D eigenvalue weighted by atomic mass is 10.1. The zero-order valence-electron chi connectivity index (χ0n) is 10.4. The molecule has 104 valence electrons. The van der Waals surface area contributed by atoms with Gasteiger partial charge < -0.3 is 5.32 Å². The first-order valence-electron chi connectivity index (χ1n) is 5.89. The average Bonchev–Trinajstić information content (AvgIpc) is 2.38. The highest BCUT2D eigenvalue weighted by Crippen LogP contribution is 2.08. The fourth-order valence-corrected chi connectivity index (χ4v) is 1.73. The Bertz CT molecular complexity index is 611. The van der Waals surface area contributed by atoms with E-state index in [9.17, 15) is 18.0 Å². The Hall–Kier alpha value is -2.37. The van der Waals surface area contributed by atoms with Gasteiger partial charge in [-0.25, -0.2) is 13.2 Å². The maximum atomic E-state index is 13.3. The van der Waals surface area contributed by atoms with Crippen molar-refractivity contribution in [1.82, 2.24) is 10.3 Å². The third-order valence-electron chi connectivity index (χ3n) is 2.64. The standard InChI is InChI=1S/C14H11F3N2O/c15-10-5-9(6-11(16)7-10)1-4-19-14(20)12-2-3-18-8-13(12)17/h2-3,5-8H,1,4H2,(H,19,20). The van der Waals surface area contributed by atoms with Crippen molar-refractivity contribution in [3.05, 3.63) is 65.2 Å². The van der Waals surface area contributed by atoms with E-state index in [4.69, 9.17) is 0 Å². The molecule has 0 radical (unpaired) electrons. The molecule has 20 heavy (non-hydrogen) atoms. The summed E-state index contributed by atoms with van der Waals surface area (Å²) in [6.45, 7) is 0.142. The summed E-state index contributed by atoms with van der Waals surface area (Å²) in [7, 11) is 0. The summed E-state index contributed by atoms with van der Waals surface area (Å²) in [6, 6.07) is 4.39. The van der Waals surface area contributed by atoms with Gasteiger partial charge in [0.05, 0.1) is 11.8 Å². The number of hydrogen-bond donors (Lipinski definition) is 1. The number of rotatable bonds is 4. The van der Waals surface area contributed by atoms with Crippen LogP contribution in [-0.4, -0.2) is 17.4 Å². The molecule has 2 rings (SSSR count). The van der Waals surface area contributed by atoms with Crippen molar-refractivity contribution in [1.29, 1.82) is 0 Å². The molecule has 3 nitrogen and oxygen atoms in total. The minimum atomic E-state index is -0.721. The maximum Gasteiger partial charge on any atom is 0.254 e. The quantitative estimate of drug-likeness (QED) is 0.934. The molecule has 1 aromatic heterocycles. The van der Waals surface area contributed by atoms with Gasteiger partial charge in [0.15, 0.2) is 5.82 Å². The van der Waals surface area contributed by atoms with Gasteiger partial charge in [0.2, 0.25) is 0 Å². The van der Waals surface area contributed by atoms with E-state index in [0.717, 1.165) is 12.3 Å². The first kappa shape index (κ1) is 14.0. The Morgan fingerprint density at radius 3 is 2.50 bits per heavy atom. The SMILES string of the molecule is O=C(NCCc1cc(F)cc(F)c1)c1ccncc1F. The number of hydrogen-bond acceptors (Lipinski definition) is 2. The summed E-state index contributed by atoms with van der Waals surface area (Å²) in [6.07, 6.45) is 2.49. The average molecular weight is 280 g/mol. The van der Waals surface area contributed by atoms with Crippen molar-refractivity contribution < 1.29 is 18.0 Å². The second-order valence-electron chi connectivity index (χ2n) is 4.14. The zero-order valence-corrected chi connectivity index (χ0v) is 10.4. The van der Waals surface area contributed by atoms with Crippen LogP contribution in [0.1, 0.15) is 15.9 Å². The number of halogens is 3. The molecule has 0 aliphatic heterocycles. The van der Waals surface area contributed by atoms with Crippen molar-refractivity contribution in [2.45, 2.75) is 6.42 Å². The predicted molar refractivity (Wildman–Crippen MR) is 66.6 cm³/mol. The molecule has 1 heterocycles. The molecule has 0 fully saturated rings. The van der Waals surface area contributed by atoms with E-state index >= 15 is 0 Å². The van der Waals surface area contributed by atoms with Gasteiger partial charge in [-0.1, -0.05) is 0 Å². The summed E-state index contributed by atoms with van der Waals surface area (Å²) in [4.78, 5) is 15.2. The van der Waals surface area contributed by atoms with Crippen LogP contribution in [0.25, 0.3) is 0 Å². The number of amides is 1. The number of carbonyl (C=O) groups excluding carboxylic acids is 1. The van der Waals surface area contributed by atoms with E-state index in [1.54, 1.807) is 0 Å². The van der Waals surface area contributed by atoms with E-state index in [0.29, 0.717) is 5.56 Å². The van der Waals surface area contributed by atoms with Crippen molar-refractivity contribution in [3.63, 3.8) is 0 Å². The van der Waals surface area contributed by atoms with Gasteiger partial charge in [0.1, 0.15) is 11.6 Å². The van der Waals surface area contributed by atoms with E-state index in [2.05, 4.69) is 10.3 Å². The highest BCUT2D eigenvalue weighted by Gasteiger charge is 2.10. The lowest BCUT2D eigenvalue weighted by Gasteiger charge is -2.06. The number of pyridine rings is 1. The first-order valence-corrected chi connectivity index (χ1v) is 5.89. The van der Waals surface area contributed by atoms with Crippen LogP contribution in [0.2, 0.25) is 0 Å². The Morgan fingerprint density at radius 2 is 1.85 bits per heavy atom. The van der Waals surface area contributed by atoms with Crippen LogP contribution in [0, 0.1) is 17.5 Å². The smallest absolute Gasteiger partial charge is 0.254 e. The van der Waals surface area contributed by atoms with E-state index in [1.807, 2.05) is 0 Å². The topological polar surface area (TPSA) is 42.0 Å². The van der Waals surface area contributed by atoms with E-state index in [-0.39, 0.29) is 18.5 Å². The molecule has 0 saturated carbocycles. The van der Waals surface area contributed by atoms with Gasteiger partial charge in [-0.15, -0.1) is 0 Å². The molecule has 0 spiro atoms. The van der Waals surface area contributed by atoms with Crippen LogP contribution < -0.4 is 5.32 Å². The van der Waals surface area contributed by atoms with E-state index in [1.165, 1.54) is 24.4 Å².